The maximum Gasteiger partial charge on any atom is 0.243 e. The highest BCUT2D eigenvalue weighted by molar-refractivity contribution is 9.10. The van der Waals surface area contributed by atoms with Crippen LogP contribution < -0.4 is 5.32 Å². The summed E-state index contributed by atoms with van der Waals surface area (Å²) in [7, 11) is 0. The van der Waals surface area contributed by atoms with Gasteiger partial charge in [0.2, 0.25) is 5.95 Å². The lowest BCUT2D eigenvalue weighted by molar-refractivity contribution is 0.265. The van der Waals surface area contributed by atoms with Gasteiger partial charge in [-0.1, -0.05) is 0 Å². The predicted molar refractivity (Wildman–Crippen MR) is 63.4 cm³/mol. The van der Waals surface area contributed by atoms with E-state index in [-0.39, 0.29) is 12.1 Å². The van der Waals surface area contributed by atoms with Gasteiger partial charge < -0.3 is 10.4 Å². The summed E-state index contributed by atoms with van der Waals surface area (Å²) in [5, 5.41) is 16.7. The van der Waals surface area contributed by atoms with Crippen LogP contribution in [0, 0.1) is 0 Å². The maximum absolute atomic E-state index is 9.20. The summed E-state index contributed by atoms with van der Waals surface area (Å²) >= 11 is 3.38. The van der Waals surface area contributed by atoms with Crippen molar-refractivity contribution in [2.75, 3.05) is 11.9 Å². The zero-order valence-electron chi connectivity index (χ0n) is 8.52. The van der Waals surface area contributed by atoms with Crippen LogP contribution in [0.15, 0.2) is 22.8 Å². The minimum atomic E-state index is -0.178. The SMILES string of the molecule is OCC1(Nc2nc3ccc(Br)cn3n2)CC1. The van der Waals surface area contributed by atoms with Gasteiger partial charge in [-0.2, -0.15) is 4.98 Å². The van der Waals surface area contributed by atoms with Crippen LogP contribution in [0.5, 0.6) is 0 Å². The number of halogens is 1. The summed E-state index contributed by atoms with van der Waals surface area (Å²) in [6, 6.07) is 3.81. The van der Waals surface area contributed by atoms with Gasteiger partial charge in [-0.3, -0.25) is 0 Å². The van der Waals surface area contributed by atoms with Gasteiger partial charge >= 0.3 is 0 Å². The van der Waals surface area contributed by atoms with Crippen LogP contribution in [-0.2, 0) is 0 Å². The van der Waals surface area contributed by atoms with Crippen molar-refractivity contribution in [2.45, 2.75) is 18.4 Å². The lowest BCUT2D eigenvalue weighted by Gasteiger charge is -2.11. The van der Waals surface area contributed by atoms with Crippen molar-refractivity contribution in [2.24, 2.45) is 0 Å². The fourth-order valence-corrected chi connectivity index (χ4v) is 1.95. The van der Waals surface area contributed by atoms with E-state index in [9.17, 15) is 5.11 Å². The monoisotopic (exact) mass is 282 g/mol. The summed E-state index contributed by atoms with van der Waals surface area (Å²) in [6.07, 6.45) is 3.80. The molecule has 0 radical (unpaired) electrons. The van der Waals surface area contributed by atoms with E-state index >= 15 is 0 Å². The molecule has 16 heavy (non-hydrogen) atoms. The molecule has 0 bridgehead atoms. The quantitative estimate of drug-likeness (QED) is 0.894. The van der Waals surface area contributed by atoms with Crippen molar-refractivity contribution in [3.8, 4) is 0 Å². The number of fused-ring (bicyclic) bond motifs is 1. The van der Waals surface area contributed by atoms with Crippen molar-refractivity contribution >= 4 is 27.5 Å². The topological polar surface area (TPSA) is 62.5 Å². The Morgan fingerprint density at radius 3 is 3.00 bits per heavy atom. The molecule has 0 saturated heterocycles. The first-order chi connectivity index (χ1) is 7.71. The Bertz CT molecular complexity index is 535. The minimum Gasteiger partial charge on any atom is -0.394 e. The van der Waals surface area contributed by atoms with E-state index in [4.69, 9.17) is 0 Å². The number of hydrogen-bond donors (Lipinski definition) is 2. The molecule has 0 spiro atoms. The first-order valence-corrected chi connectivity index (χ1v) is 5.91. The molecule has 2 N–H and O–H groups in total. The zero-order valence-corrected chi connectivity index (χ0v) is 10.1. The average molecular weight is 283 g/mol. The van der Waals surface area contributed by atoms with Gasteiger partial charge in [0.1, 0.15) is 0 Å². The standard InChI is InChI=1S/C10H11BrN4O/c11-7-1-2-8-12-9(14-15(8)5-7)13-10(6-16)3-4-10/h1-2,5,16H,3-4,6H2,(H,13,14). The molecule has 0 aliphatic heterocycles. The largest absolute Gasteiger partial charge is 0.394 e. The van der Waals surface area contributed by atoms with Crippen LogP contribution in [0.25, 0.3) is 5.65 Å². The number of anilines is 1. The molecule has 0 aromatic carbocycles. The smallest absolute Gasteiger partial charge is 0.243 e. The van der Waals surface area contributed by atoms with E-state index in [1.807, 2.05) is 18.3 Å². The van der Waals surface area contributed by atoms with Crippen LogP contribution in [0.1, 0.15) is 12.8 Å². The molecule has 1 saturated carbocycles. The number of hydrogen-bond acceptors (Lipinski definition) is 4. The van der Waals surface area contributed by atoms with E-state index in [2.05, 4.69) is 31.3 Å². The second-order valence-corrected chi connectivity index (χ2v) is 5.06. The summed E-state index contributed by atoms with van der Waals surface area (Å²) in [4.78, 5) is 4.34. The number of rotatable bonds is 3. The van der Waals surface area contributed by atoms with Crippen LogP contribution in [0.4, 0.5) is 5.95 Å². The van der Waals surface area contributed by atoms with Crippen molar-refractivity contribution in [1.82, 2.24) is 14.6 Å². The Kier molecular flexibility index (Phi) is 2.15. The molecule has 84 valence electrons. The van der Waals surface area contributed by atoms with Crippen LogP contribution in [0.3, 0.4) is 0 Å². The predicted octanol–water partition coefficient (Wildman–Crippen LogP) is 1.43. The molecule has 0 amide bonds. The molecule has 1 aliphatic carbocycles. The molecule has 5 nitrogen and oxygen atoms in total. The number of pyridine rings is 1. The van der Waals surface area contributed by atoms with Gasteiger partial charge in [0.25, 0.3) is 0 Å². The van der Waals surface area contributed by atoms with Gasteiger partial charge in [-0.15, -0.1) is 5.10 Å². The van der Waals surface area contributed by atoms with E-state index in [1.165, 1.54) is 0 Å². The Morgan fingerprint density at radius 1 is 1.50 bits per heavy atom. The summed E-state index contributed by atoms with van der Waals surface area (Å²) in [5.41, 5.74) is 0.613. The lowest BCUT2D eigenvalue weighted by atomic mass is 10.3. The molecular weight excluding hydrogens is 272 g/mol. The normalized spacial score (nSPS) is 17.6. The molecule has 0 atom stereocenters. The summed E-state index contributed by atoms with van der Waals surface area (Å²) in [6.45, 7) is 0.131. The van der Waals surface area contributed by atoms with Gasteiger partial charge in [0, 0.05) is 10.7 Å². The van der Waals surface area contributed by atoms with E-state index < -0.39 is 0 Å². The molecule has 0 unspecified atom stereocenters. The van der Waals surface area contributed by atoms with Crippen molar-refractivity contribution in [3.05, 3.63) is 22.8 Å². The summed E-state index contributed by atoms with van der Waals surface area (Å²) in [5.74, 6) is 0.574. The Labute approximate surface area is 101 Å². The number of aliphatic hydroxyl groups excluding tert-OH is 1. The van der Waals surface area contributed by atoms with E-state index in [1.54, 1.807) is 4.52 Å². The van der Waals surface area contributed by atoms with E-state index in [0.717, 1.165) is 23.0 Å². The maximum atomic E-state index is 9.20. The minimum absolute atomic E-state index is 0.131. The molecule has 3 rings (SSSR count). The Morgan fingerprint density at radius 2 is 2.31 bits per heavy atom. The fourth-order valence-electron chi connectivity index (χ4n) is 1.62. The van der Waals surface area contributed by atoms with Gasteiger partial charge in [0.15, 0.2) is 5.65 Å². The van der Waals surface area contributed by atoms with E-state index in [0.29, 0.717) is 5.95 Å². The second kappa shape index (κ2) is 3.43. The van der Waals surface area contributed by atoms with Crippen LogP contribution >= 0.6 is 15.9 Å². The molecule has 1 fully saturated rings. The molecular formula is C10H11BrN4O. The first kappa shape index (κ1) is 10.0. The zero-order chi connectivity index (χ0) is 11.2. The third-order valence-corrected chi connectivity index (χ3v) is 3.30. The number of aromatic nitrogens is 3. The third-order valence-electron chi connectivity index (χ3n) is 2.83. The Hall–Kier alpha value is -1.14. The summed E-state index contributed by atoms with van der Waals surface area (Å²) < 4.78 is 2.67. The van der Waals surface area contributed by atoms with Crippen molar-refractivity contribution < 1.29 is 5.11 Å². The second-order valence-electron chi connectivity index (χ2n) is 4.15. The molecule has 2 aromatic heterocycles. The van der Waals surface area contributed by atoms with Gasteiger partial charge in [0.05, 0.1) is 12.1 Å². The molecule has 2 heterocycles. The first-order valence-electron chi connectivity index (χ1n) is 5.12. The highest BCUT2D eigenvalue weighted by Crippen LogP contribution is 2.37. The highest BCUT2D eigenvalue weighted by Gasteiger charge is 2.42. The molecule has 1 aliphatic rings. The Balaban J connectivity index is 1.93. The average Bonchev–Trinajstić information content (AvgIpc) is 2.92. The number of nitrogens with zero attached hydrogens (tertiary/aromatic N) is 3. The van der Waals surface area contributed by atoms with Crippen LogP contribution in [-0.4, -0.2) is 31.9 Å². The van der Waals surface area contributed by atoms with Crippen LogP contribution in [0.2, 0.25) is 0 Å². The number of nitrogens with one attached hydrogen (secondary N) is 1. The highest BCUT2D eigenvalue weighted by atomic mass is 79.9. The molecule has 2 aromatic rings. The molecule has 6 heteroatoms. The van der Waals surface area contributed by atoms with Gasteiger partial charge in [-0.25, -0.2) is 4.52 Å². The number of aliphatic hydroxyl groups is 1. The van der Waals surface area contributed by atoms with Crippen molar-refractivity contribution in [3.63, 3.8) is 0 Å². The lowest BCUT2D eigenvalue weighted by Crippen LogP contribution is -2.26. The third kappa shape index (κ3) is 1.68. The van der Waals surface area contributed by atoms with Crippen molar-refractivity contribution in [1.29, 1.82) is 0 Å². The fraction of sp³-hybridized carbons (Fsp3) is 0.400. The van der Waals surface area contributed by atoms with Gasteiger partial charge in [-0.05, 0) is 40.9 Å².